The van der Waals surface area contributed by atoms with E-state index in [9.17, 15) is 4.79 Å². The first-order chi connectivity index (χ1) is 12.4. The molecule has 0 amide bonds. The average Bonchev–Trinajstić information content (AvgIpc) is 3.01. The normalized spacial score (nSPS) is 28.5. The molecule has 1 spiro atoms. The lowest BCUT2D eigenvalue weighted by atomic mass is 9.62. The summed E-state index contributed by atoms with van der Waals surface area (Å²) >= 11 is 0. The maximum Gasteiger partial charge on any atom is 0.310 e. The summed E-state index contributed by atoms with van der Waals surface area (Å²) in [6.07, 6.45) is 5.74. The van der Waals surface area contributed by atoms with Crippen LogP contribution in [0.3, 0.4) is 0 Å². The number of hydrogen-bond acceptors (Lipinski definition) is 5. The molecule has 0 aliphatic heterocycles. The molecule has 144 valence electrons. The predicted molar refractivity (Wildman–Crippen MR) is 101 cm³/mol. The van der Waals surface area contributed by atoms with Gasteiger partial charge in [-0.25, -0.2) is 0 Å². The summed E-state index contributed by atoms with van der Waals surface area (Å²) in [5, 5.41) is 0. The van der Waals surface area contributed by atoms with Gasteiger partial charge in [-0.05, 0) is 68.1 Å². The molecule has 1 aromatic rings. The van der Waals surface area contributed by atoms with Gasteiger partial charge in [-0.15, -0.1) is 0 Å². The van der Waals surface area contributed by atoms with Crippen molar-refractivity contribution in [2.75, 3.05) is 20.8 Å². The zero-order chi connectivity index (χ0) is 18.9. The first-order valence-electron chi connectivity index (χ1n) is 9.60. The van der Waals surface area contributed by atoms with Crippen LogP contribution in [0, 0.1) is 5.92 Å². The van der Waals surface area contributed by atoms with Crippen LogP contribution in [0.25, 0.3) is 0 Å². The Bertz CT molecular complexity index is 677. The van der Waals surface area contributed by atoms with E-state index in [4.69, 9.17) is 19.9 Å². The summed E-state index contributed by atoms with van der Waals surface area (Å²) in [5.41, 5.74) is 8.95. The number of ether oxygens (including phenoxy) is 3. The van der Waals surface area contributed by atoms with Gasteiger partial charge < -0.3 is 19.9 Å². The van der Waals surface area contributed by atoms with Gasteiger partial charge in [0.1, 0.15) is 11.5 Å². The zero-order valence-electron chi connectivity index (χ0n) is 16.4. The van der Waals surface area contributed by atoms with Crippen molar-refractivity contribution in [2.45, 2.75) is 63.3 Å². The molecule has 5 nitrogen and oxygen atoms in total. The molecule has 5 heteroatoms. The number of esters is 1. The fraction of sp³-hybridized carbons (Fsp3) is 0.667. The Kier molecular flexibility index (Phi) is 5.20. The van der Waals surface area contributed by atoms with Gasteiger partial charge in [0.2, 0.25) is 0 Å². The van der Waals surface area contributed by atoms with Crippen molar-refractivity contribution in [1.82, 2.24) is 0 Å². The third-order valence-electron chi connectivity index (χ3n) is 6.70. The van der Waals surface area contributed by atoms with Gasteiger partial charge in [0.15, 0.2) is 0 Å². The van der Waals surface area contributed by atoms with Gasteiger partial charge in [0.25, 0.3) is 0 Å². The highest BCUT2D eigenvalue weighted by molar-refractivity contribution is 5.73. The van der Waals surface area contributed by atoms with Crippen molar-refractivity contribution >= 4 is 5.97 Å². The molecule has 0 radical (unpaired) electrons. The van der Waals surface area contributed by atoms with Crippen LogP contribution < -0.4 is 15.2 Å². The van der Waals surface area contributed by atoms with E-state index < -0.39 is 5.54 Å². The summed E-state index contributed by atoms with van der Waals surface area (Å²) in [6.45, 7) is 4.14. The average molecular weight is 361 g/mol. The van der Waals surface area contributed by atoms with E-state index in [1.54, 1.807) is 14.2 Å². The Hall–Kier alpha value is -1.75. The van der Waals surface area contributed by atoms with E-state index in [-0.39, 0.29) is 17.3 Å². The Morgan fingerprint density at radius 2 is 1.85 bits per heavy atom. The number of fused-ring (bicyclic) bond motifs is 2. The topological polar surface area (TPSA) is 70.8 Å². The first-order valence-corrected chi connectivity index (χ1v) is 9.60. The van der Waals surface area contributed by atoms with Crippen LogP contribution in [-0.2, 0) is 21.4 Å². The molecule has 1 fully saturated rings. The fourth-order valence-electron chi connectivity index (χ4n) is 4.80. The van der Waals surface area contributed by atoms with E-state index in [0.717, 1.165) is 50.0 Å². The van der Waals surface area contributed by atoms with Crippen molar-refractivity contribution in [2.24, 2.45) is 11.7 Å². The van der Waals surface area contributed by atoms with E-state index in [1.165, 1.54) is 11.1 Å². The zero-order valence-corrected chi connectivity index (χ0v) is 16.4. The molecule has 2 aliphatic rings. The molecule has 0 aromatic heterocycles. The van der Waals surface area contributed by atoms with Crippen LogP contribution in [0.1, 0.15) is 57.1 Å². The smallest absolute Gasteiger partial charge is 0.310 e. The minimum absolute atomic E-state index is 0.119. The number of carbonyl (C=O) groups is 1. The van der Waals surface area contributed by atoms with Crippen molar-refractivity contribution in [3.63, 3.8) is 0 Å². The number of rotatable bonds is 5. The number of nitrogens with two attached hydrogens (primary N) is 1. The van der Waals surface area contributed by atoms with E-state index in [1.807, 2.05) is 19.9 Å². The van der Waals surface area contributed by atoms with Crippen molar-refractivity contribution < 1.29 is 19.0 Å². The lowest BCUT2D eigenvalue weighted by Gasteiger charge is -2.45. The molecule has 1 saturated carbocycles. The monoisotopic (exact) mass is 361 g/mol. The first kappa shape index (κ1) is 19.0. The second kappa shape index (κ2) is 7.10. The summed E-state index contributed by atoms with van der Waals surface area (Å²) in [4.78, 5) is 12.2. The molecular formula is C21H31NO4. The third-order valence-corrected chi connectivity index (χ3v) is 6.70. The minimum Gasteiger partial charge on any atom is -0.497 e. The molecular weight excluding hydrogens is 330 g/mol. The van der Waals surface area contributed by atoms with E-state index in [0.29, 0.717) is 6.61 Å². The van der Waals surface area contributed by atoms with Crippen molar-refractivity contribution in [3.05, 3.63) is 23.3 Å². The SMILES string of the molecule is CCOC(=O)C(C)C1(N)CCC2(CCc3c(OC)cc(OC)cc32)CC1. The van der Waals surface area contributed by atoms with Gasteiger partial charge in [0, 0.05) is 11.6 Å². The van der Waals surface area contributed by atoms with Crippen LogP contribution in [0.5, 0.6) is 11.5 Å². The van der Waals surface area contributed by atoms with Crippen LogP contribution in [0.2, 0.25) is 0 Å². The molecule has 2 aliphatic carbocycles. The van der Waals surface area contributed by atoms with E-state index in [2.05, 4.69) is 6.07 Å². The standard InChI is InChI=1S/C21H31NO4/c1-5-26-19(23)14(2)21(22)10-8-20(9-11-21)7-6-16-17(20)12-15(24-3)13-18(16)25-4/h12-14H,5-11,22H2,1-4H3. The highest BCUT2D eigenvalue weighted by Crippen LogP contribution is 2.54. The van der Waals surface area contributed by atoms with Crippen molar-refractivity contribution in [1.29, 1.82) is 0 Å². The lowest BCUT2D eigenvalue weighted by molar-refractivity contribution is -0.150. The highest BCUT2D eigenvalue weighted by atomic mass is 16.5. The van der Waals surface area contributed by atoms with Gasteiger partial charge in [-0.2, -0.15) is 0 Å². The largest absolute Gasteiger partial charge is 0.497 e. The number of hydrogen-bond donors (Lipinski definition) is 1. The maximum atomic E-state index is 12.2. The van der Waals surface area contributed by atoms with Crippen LogP contribution in [0.4, 0.5) is 0 Å². The molecule has 1 aromatic carbocycles. The Morgan fingerprint density at radius 1 is 1.15 bits per heavy atom. The molecule has 26 heavy (non-hydrogen) atoms. The molecule has 2 N–H and O–H groups in total. The molecule has 0 saturated heterocycles. The summed E-state index contributed by atoms with van der Waals surface area (Å²) in [7, 11) is 3.41. The number of carbonyl (C=O) groups excluding carboxylic acids is 1. The summed E-state index contributed by atoms with van der Waals surface area (Å²) in [5.74, 6) is 1.30. The lowest BCUT2D eigenvalue weighted by Crippen LogP contribution is -2.54. The molecule has 0 heterocycles. The predicted octanol–water partition coefficient (Wildman–Crippen LogP) is 3.36. The fourth-order valence-corrected chi connectivity index (χ4v) is 4.80. The molecule has 1 unspecified atom stereocenters. The van der Waals surface area contributed by atoms with Gasteiger partial charge in [0.05, 0.1) is 26.7 Å². The second-order valence-electron chi connectivity index (χ2n) is 7.84. The second-order valence-corrected chi connectivity index (χ2v) is 7.84. The Morgan fingerprint density at radius 3 is 2.42 bits per heavy atom. The summed E-state index contributed by atoms with van der Waals surface area (Å²) < 4.78 is 16.3. The Balaban J connectivity index is 1.84. The third kappa shape index (κ3) is 3.07. The van der Waals surface area contributed by atoms with E-state index >= 15 is 0 Å². The quantitative estimate of drug-likeness (QED) is 0.814. The number of benzene rings is 1. The summed E-state index contributed by atoms with van der Waals surface area (Å²) in [6, 6.07) is 4.14. The van der Waals surface area contributed by atoms with Crippen LogP contribution in [0.15, 0.2) is 12.1 Å². The highest BCUT2D eigenvalue weighted by Gasteiger charge is 2.49. The molecule has 0 bridgehead atoms. The van der Waals surface area contributed by atoms with Crippen LogP contribution in [-0.4, -0.2) is 32.3 Å². The van der Waals surface area contributed by atoms with Gasteiger partial charge in [-0.3, -0.25) is 4.79 Å². The van der Waals surface area contributed by atoms with Crippen molar-refractivity contribution in [3.8, 4) is 11.5 Å². The molecule has 1 atom stereocenters. The van der Waals surface area contributed by atoms with Gasteiger partial charge in [-0.1, -0.05) is 6.92 Å². The van der Waals surface area contributed by atoms with Gasteiger partial charge >= 0.3 is 5.97 Å². The molecule has 3 rings (SSSR count). The van der Waals surface area contributed by atoms with Crippen LogP contribution >= 0.6 is 0 Å². The Labute approximate surface area is 156 Å². The number of methoxy groups -OCH3 is 2. The minimum atomic E-state index is -0.483. The maximum absolute atomic E-state index is 12.2.